The van der Waals surface area contributed by atoms with Crippen LogP contribution in [0.4, 0.5) is 0 Å². The summed E-state index contributed by atoms with van der Waals surface area (Å²) in [6.45, 7) is 0. The highest BCUT2D eigenvalue weighted by molar-refractivity contribution is 8.13. The van der Waals surface area contributed by atoms with Crippen LogP contribution in [0.5, 0.6) is 0 Å². The maximum atomic E-state index is 11.1. The van der Waals surface area contributed by atoms with Gasteiger partial charge in [0.15, 0.2) is 0 Å². The van der Waals surface area contributed by atoms with Crippen molar-refractivity contribution in [1.82, 2.24) is 0 Å². The van der Waals surface area contributed by atoms with Gasteiger partial charge < -0.3 is 0 Å². The minimum absolute atomic E-state index is 0.141. The molecular formula is C8H5ClOS. The first kappa shape index (κ1) is 7.19. The van der Waals surface area contributed by atoms with Crippen LogP contribution < -0.4 is 0 Å². The van der Waals surface area contributed by atoms with Crippen LogP contribution in [0.2, 0.25) is 5.02 Å². The number of hydrogen-bond donors (Lipinski definition) is 0. The number of fused-ring (bicyclic) bond motifs is 1. The van der Waals surface area contributed by atoms with Gasteiger partial charge in [0, 0.05) is 16.3 Å². The molecule has 0 fully saturated rings. The van der Waals surface area contributed by atoms with E-state index >= 15 is 0 Å². The zero-order valence-electron chi connectivity index (χ0n) is 5.63. The molecule has 1 aliphatic rings. The second-order valence-corrected chi connectivity index (χ2v) is 3.76. The Morgan fingerprint density at radius 1 is 1.45 bits per heavy atom. The number of benzene rings is 1. The maximum absolute atomic E-state index is 11.1. The van der Waals surface area contributed by atoms with Crippen LogP contribution in [0.1, 0.15) is 15.9 Å². The van der Waals surface area contributed by atoms with Crippen LogP contribution >= 0.6 is 23.4 Å². The molecule has 0 spiro atoms. The Balaban J connectivity index is 2.60. The fourth-order valence-electron chi connectivity index (χ4n) is 1.09. The number of carbonyl (C=O) groups excluding carboxylic acids is 1. The van der Waals surface area contributed by atoms with Crippen molar-refractivity contribution in [2.75, 3.05) is 0 Å². The lowest BCUT2D eigenvalue weighted by molar-refractivity contribution is 0.109. The Morgan fingerprint density at radius 3 is 3.09 bits per heavy atom. The van der Waals surface area contributed by atoms with Crippen molar-refractivity contribution in [3.63, 3.8) is 0 Å². The van der Waals surface area contributed by atoms with E-state index in [1.165, 1.54) is 11.8 Å². The van der Waals surface area contributed by atoms with E-state index in [1.54, 1.807) is 6.07 Å². The summed E-state index contributed by atoms with van der Waals surface area (Å²) in [5.41, 5.74) is 1.88. The molecule has 1 aromatic rings. The monoisotopic (exact) mass is 184 g/mol. The Morgan fingerprint density at radius 2 is 2.27 bits per heavy atom. The van der Waals surface area contributed by atoms with Crippen LogP contribution in [0.15, 0.2) is 18.2 Å². The zero-order valence-corrected chi connectivity index (χ0v) is 7.21. The number of thioether (sulfide) groups is 1. The first-order valence-electron chi connectivity index (χ1n) is 3.23. The lowest BCUT2D eigenvalue weighted by atomic mass is 10.1. The molecule has 1 nitrogen and oxygen atoms in total. The van der Waals surface area contributed by atoms with E-state index in [0.717, 1.165) is 16.9 Å². The van der Waals surface area contributed by atoms with Crippen molar-refractivity contribution in [2.24, 2.45) is 0 Å². The summed E-state index contributed by atoms with van der Waals surface area (Å²) in [5, 5.41) is 0.780. The molecule has 1 heterocycles. The van der Waals surface area contributed by atoms with Gasteiger partial charge >= 0.3 is 0 Å². The molecule has 0 bridgehead atoms. The standard InChI is InChI=1S/C8H5ClOS/c9-6-2-1-5-4-11-8(10)7(5)3-6/h1-3H,4H2. The van der Waals surface area contributed by atoms with Gasteiger partial charge in [0.1, 0.15) is 0 Å². The lowest BCUT2D eigenvalue weighted by Gasteiger charge is -1.94. The fourth-order valence-corrected chi connectivity index (χ4v) is 2.14. The summed E-state index contributed by atoms with van der Waals surface area (Å²) in [6.07, 6.45) is 0. The van der Waals surface area contributed by atoms with Crippen molar-refractivity contribution in [2.45, 2.75) is 5.75 Å². The molecule has 2 rings (SSSR count). The van der Waals surface area contributed by atoms with Crippen LogP contribution in [0, 0.1) is 0 Å². The Kier molecular flexibility index (Phi) is 1.66. The van der Waals surface area contributed by atoms with Crippen molar-refractivity contribution < 1.29 is 4.79 Å². The van der Waals surface area contributed by atoms with E-state index in [2.05, 4.69) is 0 Å². The minimum atomic E-state index is 0.141. The van der Waals surface area contributed by atoms with E-state index in [-0.39, 0.29) is 5.12 Å². The van der Waals surface area contributed by atoms with Gasteiger partial charge in [-0.3, -0.25) is 4.79 Å². The molecule has 0 aliphatic carbocycles. The number of hydrogen-bond acceptors (Lipinski definition) is 2. The topological polar surface area (TPSA) is 17.1 Å². The summed E-state index contributed by atoms with van der Waals surface area (Å²) in [6, 6.07) is 5.47. The third-order valence-corrected chi connectivity index (χ3v) is 2.82. The van der Waals surface area contributed by atoms with Crippen molar-refractivity contribution in [3.05, 3.63) is 34.3 Å². The lowest BCUT2D eigenvalue weighted by Crippen LogP contribution is -1.87. The highest BCUT2D eigenvalue weighted by Gasteiger charge is 2.19. The predicted molar refractivity (Wildman–Crippen MR) is 47.1 cm³/mol. The molecule has 3 heteroatoms. The second-order valence-electron chi connectivity index (χ2n) is 2.38. The Labute approximate surface area is 73.7 Å². The SMILES string of the molecule is O=C1SCc2ccc(Cl)cc21. The molecule has 0 N–H and O–H groups in total. The molecule has 0 amide bonds. The van der Waals surface area contributed by atoms with Gasteiger partial charge in [-0.25, -0.2) is 0 Å². The van der Waals surface area contributed by atoms with Gasteiger partial charge in [-0.05, 0) is 17.7 Å². The van der Waals surface area contributed by atoms with Crippen molar-refractivity contribution in [3.8, 4) is 0 Å². The average Bonchev–Trinajstić information content (AvgIpc) is 2.33. The third-order valence-electron chi connectivity index (χ3n) is 1.65. The number of rotatable bonds is 0. The van der Waals surface area contributed by atoms with Crippen molar-refractivity contribution >= 4 is 28.5 Å². The summed E-state index contributed by atoms with van der Waals surface area (Å²) in [4.78, 5) is 11.1. The molecule has 1 aliphatic heterocycles. The molecular weight excluding hydrogens is 180 g/mol. The van der Waals surface area contributed by atoms with Crippen LogP contribution in [0.3, 0.4) is 0 Å². The van der Waals surface area contributed by atoms with Gasteiger partial charge in [0.25, 0.3) is 0 Å². The van der Waals surface area contributed by atoms with Gasteiger partial charge in [-0.1, -0.05) is 29.4 Å². The Bertz CT molecular complexity index is 322. The molecule has 0 saturated carbocycles. The summed E-state index contributed by atoms with van der Waals surface area (Å²) in [5.74, 6) is 0.797. The second kappa shape index (κ2) is 2.54. The normalized spacial score (nSPS) is 15.2. The third kappa shape index (κ3) is 1.17. The number of halogens is 1. The smallest absolute Gasteiger partial charge is 0.220 e. The molecule has 0 saturated heterocycles. The maximum Gasteiger partial charge on any atom is 0.220 e. The van der Waals surface area contributed by atoms with E-state index < -0.39 is 0 Å². The number of carbonyl (C=O) groups is 1. The van der Waals surface area contributed by atoms with E-state index in [4.69, 9.17) is 11.6 Å². The quantitative estimate of drug-likeness (QED) is 0.617. The van der Waals surface area contributed by atoms with Crippen LogP contribution in [0.25, 0.3) is 0 Å². The van der Waals surface area contributed by atoms with Gasteiger partial charge in [0.05, 0.1) is 0 Å². The van der Waals surface area contributed by atoms with E-state index in [1.807, 2.05) is 12.1 Å². The van der Waals surface area contributed by atoms with Crippen LogP contribution in [-0.4, -0.2) is 5.12 Å². The molecule has 1 aromatic carbocycles. The highest BCUT2D eigenvalue weighted by atomic mass is 35.5. The molecule has 0 atom stereocenters. The first-order chi connectivity index (χ1) is 5.27. The first-order valence-corrected chi connectivity index (χ1v) is 4.59. The highest BCUT2D eigenvalue weighted by Crippen LogP contribution is 2.31. The molecule has 0 radical (unpaired) electrons. The average molecular weight is 185 g/mol. The van der Waals surface area contributed by atoms with Gasteiger partial charge in [-0.2, -0.15) is 0 Å². The summed E-state index contributed by atoms with van der Waals surface area (Å²) in [7, 11) is 0. The van der Waals surface area contributed by atoms with Crippen LogP contribution in [-0.2, 0) is 5.75 Å². The van der Waals surface area contributed by atoms with E-state index in [9.17, 15) is 4.79 Å². The summed E-state index contributed by atoms with van der Waals surface area (Å²) >= 11 is 7.06. The minimum Gasteiger partial charge on any atom is -0.282 e. The van der Waals surface area contributed by atoms with Crippen molar-refractivity contribution in [1.29, 1.82) is 0 Å². The van der Waals surface area contributed by atoms with Gasteiger partial charge in [0.2, 0.25) is 5.12 Å². The Hall–Kier alpha value is -0.470. The predicted octanol–water partition coefficient (Wildman–Crippen LogP) is 2.73. The largest absolute Gasteiger partial charge is 0.282 e. The zero-order chi connectivity index (χ0) is 7.84. The fraction of sp³-hybridized carbons (Fsp3) is 0.125. The molecule has 11 heavy (non-hydrogen) atoms. The van der Waals surface area contributed by atoms with Gasteiger partial charge in [-0.15, -0.1) is 0 Å². The van der Waals surface area contributed by atoms with E-state index in [0.29, 0.717) is 5.02 Å². The molecule has 0 unspecified atom stereocenters. The molecule has 56 valence electrons. The molecule has 0 aromatic heterocycles. The summed E-state index contributed by atoms with van der Waals surface area (Å²) < 4.78 is 0.